The third-order valence-corrected chi connectivity index (χ3v) is 4.28. The fourth-order valence-electron chi connectivity index (χ4n) is 3.02. The summed E-state index contributed by atoms with van der Waals surface area (Å²) in [5.41, 5.74) is -0.118. The standard InChI is InChI=1S/C17H17N3O/c18-12-17(8-2-1-3-9-17)16(21)20-15-6-4-5-13-11-19-10-7-14(13)15/h4-7,10-11H,1-3,8-9H2,(H,20,21). The summed E-state index contributed by atoms with van der Waals surface area (Å²) < 4.78 is 0. The number of pyridine rings is 1. The Labute approximate surface area is 123 Å². The van der Waals surface area contributed by atoms with E-state index in [1.807, 2.05) is 24.3 Å². The lowest BCUT2D eigenvalue weighted by atomic mass is 9.74. The molecule has 4 nitrogen and oxygen atoms in total. The molecule has 1 aliphatic carbocycles. The van der Waals surface area contributed by atoms with Crippen molar-refractivity contribution in [2.45, 2.75) is 32.1 Å². The summed E-state index contributed by atoms with van der Waals surface area (Å²) in [5.74, 6) is -0.172. The summed E-state index contributed by atoms with van der Waals surface area (Å²) in [4.78, 5) is 16.7. The molecule has 4 heteroatoms. The molecule has 0 bridgehead atoms. The van der Waals surface area contributed by atoms with Crippen molar-refractivity contribution in [3.8, 4) is 6.07 Å². The number of carbonyl (C=O) groups is 1. The van der Waals surface area contributed by atoms with Gasteiger partial charge in [-0.15, -0.1) is 0 Å². The predicted octanol–water partition coefficient (Wildman–Crippen LogP) is 3.65. The van der Waals surface area contributed by atoms with Gasteiger partial charge in [-0.3, -0.25) is 9.78 Å². The minimum Gasteiger partial charge on any atom is -0.324 e. The Morgan fingerprint density at radius 1 is 1.24 bits per heavy atom. The first-order valence-electron chi connectivity index (χ1n) is 7.31. The van der Waals surface area contributed by atoms with Gasteiger partial charge in [0.05, 0.1) is 6.07 Å². The number of amides is 1. The Morgan fingerprint density at radius 3 is 2.81 bits per heavy atom. The molecule has 0 unspecified atom stereocenters. The number of hydrogen-bond acceptors (Lipinski definition) is 3. The van der Waals surface area contributed by atoms with Crippen molar-refractivity contribution < 1.29 is 4.79 Å². The Morgan fingerprint density at radius 2 is 2.05 bits per heavy atom. The summed E-state index contributed by atoms with van der Waals surface area (Å²) in [6, 6.07) is 9.86. The van der Waals surface area contributed by atoms with E-state index in [2.05, 4.69) is 16.4 Å². The number of nitrogens with one attached hydrogen (secondary N) is 1. The van der Waals surface area contributed by atoms with Gasteiger partial charge in [0.1, 0.15) is 5.41 Å². The molecule has 1 heterocycles. The fourth-order valence-corrected chi connectivity index (χ4v) is 3.02. The molecule has 1 aromatic carbocycles. The third kappa shape index (κ3) is 2.47. The summed E-state index contributed by atoms with van der Waals surface area (Å²) in [6.07, 6.45) is 7.78. The van der Waals surface area contributed by atoms with Gasteiger partial charge in [0, 0.05) is 28.9 Å². The predicted molar refractivity (Wildman–Crippen MR) is 81.5 cm³/mol. The molecule has 1 aliphatic rings. The zero-order chi connectivity index (χ0) is 14.7. The van der Waals surface area contributed by atoms with E-state index < -0.39 is 5.41 Å². The van der Waals surface area contributed by atoms with Gasteiger partial charge in [-0.2, -0.15) is 5.26 Å². The summed E-state index contributed by atoms with van der Waals surface area (Å²) in [7, 11) is 0. The van der Waals surface area contributed by atoms with E-state index >= 15 is 0 Å². The molecule has 0 radical (unpaired) electrons. The molecule has 0 spiro atoms. The number of carbonyl (C=O) groups excluding carboxylic acids is 1. The lowest BCUT2D eigenvalue weighted by Crippen LogP contribution is -2.36. The second-order valence-electron chi connectivity index (χ2n) is 5.61. The van der Waals surface area contributed by atoms with Gasteiger partial charge in [-0.1, -0.05) is 31.4 Å². The minimum absolute atomic E-state index is 0.172. The summed E-state index contributed by atoms with van der Waals surface area (Å²) >= 11 is 0. The molecule has 0 saturated heterocycles. The van der Waals surface area contributed by atoms with E-state index in [9.17, 15) is 10.1 Å². The number of nitrogens with zero attached hydrogens (tertiary/aromatic N) is 2. The van der Waals surface area contributed by atoms with Gasteiger partial charge in [-0.05, 0) is 25.0 Å². The zero-order valence-electron chi connectivity index (χ0n) is 11.8. The van der Waals surface area contributed by atoms with Crippen LogP contribution in [-0.2, 0) is 4.79 Å². The molecule has 21 heavy (non-hydrogen) atoms. The quantitative estimate of drug-likeness (QED) is 0.912. The van der Waals surface area contributed by atoms with Crippen LogP contribution in [0.5, 0.6) is 0 Å². The first-order valence-corrected chi connectivity index (χ1v) is 7.31. The van der Waals surface area contributed by atoms with Gasteiger partial charge in [0.15, 0.2) is 0 Å². The maximum Gasteiger partial charge on any atom is 0.244 e. The van der Waals surface area contributed by atoms with Crippen molar-refractivity contribution in [3.05, 3.63) is 36.7 Å². The highest BCUT2D eigenvalue weighted by Gasteiger charge is 2.39. The number of benzene rings is 1. The second-order valence-corrected chi connectivity index (χ2v) is 5.61. The fraction of sp³-hybridized carbons (Fsp3) is 0.353. The highest BCUT2D eigenvalue weighted by atomic mass is 16.2. The van der Waals surface area contributed by atoms with Crippen molar-refractivity contribution in [1.29, 1.82) is 5.26 Å². The van der Waals surface area contributed by atoms with Crippen molar-refractivity contribution in [1.82, 2.24) is 4.98 Å². The number of aromatic nitrogens is 1. The van der Waals surface area contributed by atoms with Crippen LogP contribution in [0.2, 0.25) is 0 Å². The molecule has 1 aromatic heterocycles. The second kappa shape index (κ2) is 5.53. The van der Waals surface area contributed by atoms with Crippen molar-refractivity contribution in [2.24, 2.45) is 5.41 Å². The van der Waals surface area contributed by atoms with Gasteiger partial charge in [0.2, 0.25) is 5.91 Å². The van der Waals surface area contributed by atoms with E-state index in [0.717, 1.165) is 35.7 Å². The van der Waals surface area contributed by atoms with Crippen LogP contribution in [0.4, 0.5) is 5.69 Å². The van der Waals surface area contributed by atoms with Crippen molar-refractivity contribution in [3.63, 3.8) is 0 Å². The maximum absolute atomic E-state index is 12.6. The van der Waals surface area contributed by atoms with E-state index in [1.165, 1.54) is 0 Å². The highest BCUT2D eigenvalue weighted by Crippen LogP contribution is 2.37. The molecule has 1 saturated carbocycles. The maximum atomic E-state index is 12.6. The molecule has 0 aliphatic heterocycles. The van der Waals surface area contributed by atoms with Crippen LogP contribution in [0, 0.1) is 16.7 Å². The number of anilines is 1. The molecule has 3 rings (SSSR count). The topological polar surface area (TPSA) is 65.8 Å². The van der Waals surface area contributed by atoms with Crippen LogP contribution in [0.1, 0.15) is 32.1 Å². The normalized spacial score (nSPS) is 17.1. The van der Waals surface area contributed by atoms with Crippen LogP contribution in [-0.4, -0.2) is 10.9 Å². The summed E-state index contributed by atoms with van der Waals surface area (Å²) in [6.45, 7) is 0. The molecular weight excluding hydrogens is 262 g/mol. The monoisotopic (exact) mass is 279 g/mol. The Bertz CT molecular complexity index is 706. The Balaban J connectivity index is 1.91. The lowest BCUT2D eigenvalue weighted by Gasteiger charge is -2.29. The van der Waals surface area contributed by atoms with Crippen molar-refractivity contribution >= 4 is 22.4 Å². The van der Waals surface area contributed by atoms with Gasteiger partial charge >= 0.3 is 0 Å². The Kier molecular flexibility index (Phi) is 3.57. The average Bonchev–Trinajstić information content (AvgIpc) is 2.56. The smallest absolute Gasteiger partial charge is 0.244 e. The molecule has 1 amide bonds. The van der Waals surface area contributed by atoms with E-state index in [1.54, 1.807) is 12.4 Å². The van der Waals surface area contributed by atoms with Crippen LogP contribution in [0.15, 0.2) is 36.7 Å². The molecule has 106 valence electrons. The lowest BCUT2D eigenvalue weighted by molar-refractivity contribution is -0.124. The van der Waals surface area contributed by atoms with Gasteiger partial charge in [0.25, 0.3) is 0 Å². The largest absolute Gasteiger partial charge is 0.324 e. The molecule has 0 atom stereocenters. The van der Waals surface area contributed by atoms with Crippen LogP contribution >= 0.6 is 0 Å². The van der Waals surface area contributed by atoms with E-state index in [0.29, 0.717) is 12.8 Å². The van der Waals surface area contributed by atoms with E-state index in [-0.39, 0.29) is 5.91 Å². The first kappa shape index (κ1) is 13.6. The van der Waals surface area contributed by atoms with Gasteiger partial charge < -0.3 is 5.32 Å². The molecule has 1 N–H and O–H groups in total. The van der Waals surface area contributed by atoms with Crippen LogP contribution in [0.3, 0.4) is 0 Å². The zero-order valence-corrected chi connectivity index (χ0v) is 11.8. The highest BCUT2D eigenvalue weighted by molar-refractivity contribution is 6.04. The number of nitriles is 1. The van der Waals surface area contributed by atoms with Crippen LogP contribution < -0.4 is 5.32 Å². The van der Waals surface area contributed by atoms with Crippen molar-refractivity contribution in [2.75, 3.05) is 5.32 Å². The van der Waals surface area contributed by atoms with Gasteiger partial charge in [-0.25, -0.2) is 0 Å². The molecule has 1 fully saturated rings. The minimum atomic E-state index is -0.868. The Hall–Kier alpha value is -2.41. The van der Waals surface area contributed by atoms with Crippen LogP contribution in [0.25, 0.3) is 10.8 Å². The SMILES string of the molecule is N#CC1(C(=O)Nc2cccc3cnccc23)CCCCC1. The summed E-state index contributed by atoms with van der Waals surface area (Å²) in [5, 5.41) is 14.4. The molecule has 2 aromatic rings. The number of fused-ring (bicyclic) bond motifs is 1. The van der Waals surface area contributed by atoms with E-state index in [4.69, 9.17) is 0 Å². The number of hydrogen-bond donors (Lipinski definition) is 1. The molecular formula is C17H17N3O. The first-order chi connectivity index (χ1) is 10.2. The number of rotatable bonds is 2. The third-order valence-electron chi connectivity index (χ3n) is 4.28. The average molecular weight is 279 g/mol.